The van der Waals surface area contributed by atoms with Crippen molar-refractivity contribution in [1.82, 2.24) is 9.55 Å². The average Bonchev–Trinajstić information content (AvgIpc) is 2.80. The fourth-order valence-corrected chi connectivity index (χ4v) is 2.53. The second-order valence-electron chi connectivity index (χ2n) is 4.92. The van der Waals surface area contributed by atoms with Gasteiger partial charge in [-0.2, -0.15) is 0 Å². The molecular formula is C16H18N2O3. The molecular weight excluding hydrogens is 268 g/mol. The zero-order valence-electron chi connectivity index (χ0n) is 12.6. The smallest absolute Gasteiger partial charge is 0.328 e. The summed E-state index contributed by atoms with van der Waals surface area (Å²) in [5.41, 5.74) is 2.71. The Kier molecular flexibility index (Phi) is 4.21. The van der Waals surface area contributed by atoms with E-state index in [1.165, 1.54) is 13.3 Å². The van der Waals surface area contributed by atoms with Crippen LogP contribution in [0.15, 0.2) is 30.6 Å². The van der Waals surface area contributed by atoms with Crippen molar-refractivity contribution < 1.29 is 14.3 Å². The summed E-state index contributed by atoms with van der Waals surface area (Å²) in [6.07, 6.45) is 3.16. The number of hydrogen-bond donors (Lipinski definition) is 0. The molecule has 0 radical (unpaired) electrons. The Morgan fingerprint density at radius 1 is 1.33 bits per heavy atom. The predicted octanol–water partition coefficient (Wildman–Crippen LogP) is 2.46. The number of carbonyl (C=O) groups excluding carboxylic acids is 2. The van der Waals surface area contributed by atoms with Gasteiger partial charge in [0.2, 0.25) is 0 Å². The fourth-order valence-electron chi connectivity index (χ4n) is 2.53. The lowest BCUT2D eigenvalue weighted by molar-refractivity contribution is -0.144. The predicted molar refractivity (Wildman–Crippen MR) is 78.3 cm³/mol. The molecule has 0 saturated heterocycles. The molecule has 5 nitrogen and oxygen atoms in total. The highest BCUT2D eigenvalue weighted by molar-refractivity contribution is 6.09. The number of carbonyl (C=O) groups is 2. The maximum atomic E-state index is 12.5. The maximum absolute atomic E-state index is 12.5. The highest BCUT2D eigenvalue weighted by atomic mass is 16.5. The van der Waals surface area contributed by atoms with Gasteiger partial charge < -0.3 is 9.30 Å². The van der Waals surface area contributed by atoms with E-state index in [9.17, 15) is 9.59 Å². The summed E-state index contributed by atoms with van der Waals surface area (Å²) in [6, 6.07) is 4.78. The van der Waals surface area contributed by atoms with Gasteiger partial charge in [-0.1, -0.05) is 0 Å². The second kappa shape index (κ2) is 5.91. The van der Waals surface area contributed by atoms with Gasteiger partial charge in [0, 0.05) is 34.9 Å². The Labute approximate surface area is 123 Å². The van der Waals surface area contributed by atoms with E-state index in [4.69, 9.17) is 4.74 Å². The van der Waals surface area contributed by atoms with Crippen LogP contribution < -0.4 is 0 Å². The summed E-state index contributed by atoms with van der Waals surface area (Å²) >= 11 is 0. The van der Waals surface area contributed by atoms with Crippen molar-refractivity contribution >= 4 is 11.8 Å². The SMILES string of the molecule is COC(=O)C(C)n1c(C)cc(C(=O)c2cccnc2)c1C. The largest absolute Gasteiger partial charge is 0.467 e. The van der Waals surface area contributed by atoms with Crippen LogP contribution in [-0.4, -0.2) is 28.4 Å². The zero-order valence-corrected chi connectivity index (χ0v) is 12.6. The number of aromatic nitrogens is 2. The van der Waals surface area contributed by atoms with Gasteiger partial charge in [0.15, 0.2) is 5.78 Å². The van der Waals surface area contributed by atoms with E-state index in [2.05, 4.69) is 4.98 Å². The first-order valence-corrected chi connectivity index (χ1v) is 6.68. The zero-order chi connectivity index (χ0) is 15.6. The number of hydrogen-bond acceptors (Lipinski definition) is 4. The summed E-state index contributed by atoms with van der Waals surface area (Å²) in [5, 5.41) is 0. The van der Waals surface area contributed by atoms with E-state index in [0.29, 0.717) is 11.1 Å². The maximum Gasteiger partial charge on any atom is 0.328 e. The molecule has 2 heterocycles. The van der Waals surface area contributed by atoms with E-state index in [1.807, 2.05) is 18.4 Å². The van der Waals surface area contributed by atoms with Gasteiger partial charge in [-0.25, -0.2) is 4.79 Å². The topological polar surface area (TPSA) is 61.2 Å². The Hall–Kier alpha value is -2.43. The normalized spacial score (nSPS) is 12.0. The standard InChI is InChI=1S/C16H18N2O3/c1-10-8-14(15(19)13-6-5-7-17-9-13)11(2)18(10)12(3)16(20)21-4/h5-9,12H,1-4H3. The van der Waals surface area contributed by atoms with E-state index in [-0.39, 0.29) is 11.8 Å². The monoisotopic (exact) mass is 286 g/mol. The third-order valence-corrected chi connectivity index (χ3v) is 3.58. The van der Waals surface area contributed by atoms with E-state index in [0.717, 1.165) is 11.4 Å². The molecule has 1 unspecified atom stereocenters. The number of pyridine rings is 1. The molecule has 110 valence electrons. The molecule has 0 fully saturated rings. The van der Waals surface area contributed by atoms with Crippen molar-refractivity contribution in [3.05, 3.63) is 53.1 Å². The van der Waals surface area contributed by atoms with Crippen LogP contribution in [0.3, 0.4) is 0 Å². The molecule has 1 atom stereocenters. The molecule has 0 bridgehead atoms. The van der Waals surface area contributed by atoms with Gasteiger partial charge in [0.05, 0.1) is 7.11 Å². The van der Waals surface area contributed by atoms with Crippen LogP contribution in [0.25, 0.3) is 0 Å². The summed E-state index contributed by atoms with van der Waals surface area (Å²) in [6.45, 7) is 5.45. The highest BCUT2D eigenvalue weighted by Gasteiger charge is 2.23. The quantitative estimate of drug-likeness (QED) is 0.640. The lowest BCUT2D eigenvalue weighted by atomic mass is 10.1. The number of ketones is 1. The number of nitrogens with zero attached hydrogens (tertiary/aromatic N) is 2. The molecule has 0 aliphatic heterocycles. The molecule has 0 aliphatic carbocycles. The summed E-state index contributed by atoms with van der Waals surface area (Å²) in [7, 11) is 1.36. The number of esters is 1. The fraction of sp³-hybridized carbons (Fsp3) is 0.312. The van der Waals surface area contributed by atoms with Crippen LogP contribution >= 0.6 is 0 Å². The van der Waals surface area contributed by atoms with Crippen LogP contribution in [0, 0.1) is 13.8 Å². The van der Waals surface area contributed by atoms with Gasteiger partial charge in [0.1, 0.15) is 6.04 Å². The van der Waals surface area contributed by atoms with Crippen molar-refractivity contribution in [3.8, 4) is 0 Å². The minimum Gasteiger partial charge on any atom is -0.467 e. The van der Waals surface area contributed by atoms with Crippen molar-refractivity contribution in [2.75, 3.05) is 7.11 Å². The number of rotatable bonds is 4. The molecule has 0 aliphatic rings. The first kappa shape index (κ1) is 15.0. The van der Waals surface area contributed by atoms with Crippen molar-refractivity contribution in [1.29, 1.82) is 0 Å². The van der Waals surface area contributed by atoms with E-state index in [1.54, 1.807) is 31.3 Å². The Bertz CT molecular complexity index is 674. The van der Waals surface area contributed by atoms with Crippen LogP contribution in [0.4, 0.5) is 0 Å². The van der Waals surface area contributed by atoms with E-state index >= 15 is 0 Å². The summed E-state index contributed by atoms with van der Waals surface area (Å²) < 4.78 is 6.59. The van der Waals surface area contributed by atoms with E-state index < -0.39 is 6.04 Å². The lowest BCUT2D eigenvalue weighted by Gasteiger charge is -2.16. The number of ether oxygens (including phenoxy) is 1. The average molecular weight is 286 g/mol. The molecule has 2 aromatic rings. The highest BCUT2D eigenvalue weighted by Crippen LogP contribution is 2.23. The van der Waals surface area contributed by atoms with Crippen molar-refractivity contribution in [2.24, 2.45) is 0 Å². The molecule has 0 N–H and O–H groups in total. The molecule has 21 heavy (non-hydrogen) atoms. The van der Waals surface area contributed by atoms with Crippen molar-refractivity contribution in [3.63, 3.8) is 0 Å². The summed E-state index contributed by atoms with van der Waals surface area (Å²) in [5.74, 6) is -0.434. The molecule has 0 aromatic carbocycles. The van der Waals surface area contributed by atoms with Crippen LogP contribution in [-0.2, 0) is 9.53 Å². The number of aryl methyl sites for hydroxylation is 1. The molecule has 0 saturated carbocycles. The van der Waals surface area contributed by atoms with Gasteiger partial charge in [-0.3, -0.25) is 9.78 Å². The van der Waals surface area contributed by atoms with Gasteiger partial charge in [0.25, 0.3) is 0 Å². The third-order valence-electron chi connectivity index (χ3n) is 3.58. The van der Waals surface area contributed by atoms with Gasteiger partial charge >= 0.3 is 5.97 Å². The third kappa shape index (κ3) is 2.72. The Balaban J connectivity index is 2.44. The molecule has 5 heteroatoms. The van der Waals surface area contributed by atoms with Crippen LogP contribution in [0.1, 0.15) is 40.3 Å². The minimum atomic E-state index is -0.467. The Morgan fingerprint density at radius 2 is 2.05 bits per heavy atom. The molecule has 2 rings (SSSR count). The first-order valence-electron chi connectivity index (χ1n) is 6.68. The first-order chi connectivity index (χ1) is 9.97. The second-order valence-corrected chi connectivity index (χ2v) is 4.92. The summed E-state index contributed by atoms with van der Waals surface area (Å²) in [4.78, 5) is 28.2. The lowest BCUT2D eigenvalue weighted by Crippen LogP contribution is -2.20. The Morgan fingerprint density at radius 3 is 2.62 bits per heavy atom. The van der Waals surface area contributed by atoms with Crippen LogP contribution in [0.5, 0.6) is 0 Å². The van der Waals surface area contributed by atoms with Gasteiger partial charge in [-0.15, -0.1) is 0 Å². The minimum absolute atomic E-state index is 0.0977. The van der Waals surface area contributed by atoms with Crippen molar-refractivity contribution in [2.45, 2.75) is 26.8 Å². The van der Waals surface area contributed by atoms with Gasteiger partial charge in [-0.05, 0) is 39.0 Å². The molecule has 0 spiro atoms. The number of methoxy groups -OCH3 is 1. The molecule has 0 amide bonds. The molecule has 2 aromatic heterocycles. The van der Waals surface area contributed by atoms with Crippen LogP contribution in [0.2, 0.25) is 0 Å².